The van der Waals surface area contributed by atoms with Crippen molar-refractivity contribution >= 4 is 33.2 Å². The summed E-state index contributed by atoms with van der Waals surface area (Å²) in [5.74, 6) is -1.02. The third-order valence-corrected chi connectivity index (χ3v) is 7.79. The van der Waals surface area contributed by atoms with Crippen LogP contribution in [0.25, 0.3) is 0 Å². The number of nitrogens with zero attached hydrogens (tertiary/aromatic N) is 3. The van der Waals surface area contributed by atoms with Gasteiger partial charge < -0.3 is 10.2 Å². The standard InChI is InChI=1S/C27H30N4O6S/c1-4-25(27(33)28-3)29(18-21-11-8-10-20(2)16-21)26(32)19-30(22-12-9-13-23(17-22)31(34)35)38(36,37)24-14-6-5-7-15-24/h5-17,25H,4,18-19H2,1-3H3,(H,28,33)/t25-/m1/s1. The summed E-state index contributed by atoms with van der Waals surface area (Å²) in [5, 5.41) is 14.0. The Bertz CT molecular complexity index is 1410. The number of nitro groups is 1. The van der Waals surface area contributed by atoms with E-state index in [9.17, 15) is 28.1 Å². The molecule has 0 aliphatic carbocycles. The zero-order valence-corrected chi connectivity index (χ0v) is 22.2. The molecular formula is C27H30N4O6S. The Kier molecular flexibility index (Phi) is 9.19. The minimum Gasteiger partial charge on any atom is -0.357 e. The minimum atomic E-state index is -4.30. The highest BCUT2D eigenvalue weighted by Crippen LogP contribution is 2.27. The van der Waals surface area contributed by atoms with Gasteiger partial charge in [-0.05, 0) is 37.1 Å². The second-order valence-corrected chi connectivity index (χ2v) is 10.5. The summed E-state index contributed by atoms with van der Waals surface area (Å²) >= 11 is 0. The zero-order valence-electron chi connectivity index (χ0n) is 21.4. The van der Waals surface area contributed by atoms with E-state index in [-0.39, 0.29) is 28.7 Å². The van der Waals surface area contributed by atoms with Crippen LogP contribution in [0.1, 0.15) is 24.5 Å². The first-order valence-electron chi connectivity index (χ1n) is 12.0. The molecule has 0 aromatic heterocycles. The van der Waals surface area contributed by atoms with Gasteiger partial charge in [-0.15, -0.1) is 0 Å². The lowest BCUT2D eigenvalue weighted by Gasteiger charge is -2.33. The molecule has 10 nitrogen and oxygen atoms in total. The van der Waals surface area contributed by atoms with Gasteiger partial charge in [-0.3, -0.25) is 24.0 Å². The molecule has 0 fully saturated rings. The largest absolute Gasteiger partial charge is 0.357 e. The number of non-ortho nitro benzene ring substituents is 1. The van der Waals surface area contributed by atoms with Crippen LogP contribution in [-0.4, -0.2) is 49.7 Å². The van der Waals surface area contributed by atoms with Gasteiger partial charge in [0.2, 0.25) is 11.8 Å². The van der Waals surface area contributed by atoms with Crippen LogP contribution in [0.2, 0.25) is 0 Å². The molecule has 3 rings (SSSR count). The van der Waals surface area contributed by atoms with E-state index in [1.165, 1.54) is 42.3 Å². The van der Waals surface area contributed by atoms with E-state index in [1.54, 1.807) is 25.1 Å². The topological polar surface area (TPSA) is 130 Å². The molecule has 1 N–H and O–H groups in total. The molecule has 3 aromatic carbocycles. The first-order valence-corrected chi connectivity index (χ1v) is 13.4. The number of carbonyl (C=O) groups is 2. The molecule has 0 saturated heterocycles. The molecule has 0 spiro atoms. The maximum Gasteiger partial charge on any atom is 0.271 e. The molecule has 0 unspecified atom stereocenters. The molecule has 0 heterocycles. The first kappa shape index (κ1) is 28.3. The molecule has 38 heavy (non-hydrogen) atoms. The highest BCUT2D eigenvalue weighted by molar-refractivity contribution is 7.92. The van der Waals surface area contributed by atoms with E-state index in [0.29, 0.717) is 6.42 Å². The fraction of sp³-hybridized carbons (Fsp3) is 0.259. The van der Waals surface area contributed by atoms with Crippen LogP contribution in [0.4, 0.5) is 11.4 Å². The van der Waals surface area contributed by atoms with Crippen molar-refractivity contribution in [2.24, 2.45) is 0 Å². The summed E-state index contributed by atoms with van der Waals surface area (Å²) in [6.07, 6.45) is 0.291. The summed E-state index contributed by atoms with van der Waals surface area (Å²) < 4.78 is 28.3. The predicted octanol–water partition coefficient (Wildman–Crippen LogP) is 3.65. The summed E-state index contributed by atoms with van der Waals surface area (Å²) in [6, 6.07) is 19.2. The Morgan fingerprint density at radius 3 is 2.29 bits per heavy atom. The van der Waals surface area contributed by atoms with E-state index in [4.69, 9.17) is 0 Å². The van der Waals surface area contributed by atoms with Gasteiger partial charge in [0, 0.05) is 25.7 Å². The Morgan fingerprint density at radius 1 is 1.00 bits per heavy atom. The van der Waals surface area contributed by atoms with Crippen LogP contribution < -0.4 is 9.62 Å². The van der Waals surface area contributed by atoms with Crippen molar-refractivity contribution in [3.05, 3.63) is 100 Å². The summed E-state index contributed by atoms with van der Waals surface area (Å²) in [5.41, 5.74) is 1.37. The first-order chi connectivity index (χ1) is 18.1. The van der Waals surface area contributed by atoms with E-state index >= 15 is 0 Å². The van der Waals surface area contributed by atoms with Crippen LogP contribution in [0.3, 0.4) is 0 Å². The molecule has 1 atom stereocenters. The molecule has 0 saturated carbocycles. The number of nitrogens with one attached hydrogen (secondary N) is 1. The molecule has 200 valence electrons. The quantitative estimate of drug-likeness (QED) is 0.293. The number of benzene rings is 3. The van der Waals surface area contributed by atoms with E-state index in [1.807, 2.05) is 31.2 Å². The molecule has 2 amide bonds. The van der Waals surface area contributed by atoms with E-state index in [2.05, 4.69) is 5.32 Å². The lowest BCUT2D eigenvalue weighted by Crippen LogP contribution is -2.51. The number of likely N-dealkylation sites (N-methyl/N-ethyl adjacent to an activating group) is 1. The maximum absolute atomic E-state index is 13.8. The Balaban J connectivity index is 2.09. The second kappa shape index (κ2) is 12.3. The highest BCUT2D eigenvalue weighted by atomic mass is 32.2. The summed E-state index contributed by atoms with van der Waals surface area (Å²) in [6.45, 7) is 3.07. The molecule has 3 aromatic rings. The number of amides is 2. The molecule has 11 heteroatoms. The van der Waals surface area contributed by atoms with Crippen LogP contribution in [0.5, 0.6) is 0 Å². The van der Waals surface area contributed by atoms with Crippen molar-refractivity contribution in [2.75, 3.05) is 17.9 Å². The summed E-state index contributed by atoms with van der Waals surface area (Å²) in [4.78, 5) is 38.6. The third kappa shape index (κ3) is 6.54. The average Bonchev–Trinajstić information content (AvgIpc) is 2.91. The average molecular weight is 539 g/mol. The van der Waals surface area contributed by atoms with Gasteiger partial charge in [0.25, 0.3) is 15.7 Å². The molecule has 0 aliphatic rings. The number of rotatable bonds is 11. The van der Waals surface area contributed by atoms with Crippen LogP contribution in [0, 0.1) is 17.0 Å². The summed E-state index contributed by atoms with van der Waals surface area (Å²) in [7, 11) is -2.83. The Hall–Kier alpha value is -4.25. The maximum atomic E-state index is 13.8. The number of anilines is 1. The zero-order chi connectivity index (χ0) is 27.9. The third-order valence-electron chi connectivity index (χ3n) is 6.01. The van der Waals surface area contributed by atoms with Gasteiger partial charge in [-0.2, -0.15) is 0 Å². The number of hydrogen-bond acceptors (Lipinski definition) is 6. The smallest absolute Gasteiger partial charge is 0.271 e. The van der Waals surface area contributed by atoms with Crippen molar-refractivity contribution in [1.82, 2.24) is 10.2 Å². The van der Waals surface area contributed by atoms with Crippen LogP contribution in [-0.2, 0) is 26.2 Å². The molecule has 0 aliphatic heterocycles. The molecular weight excluding hydrogens is 508 g/mol. The van der Waals surface area contributed by atoms with E-state index in [0.717, 1.165) is 21.5 Å². The van der Waals surface area contributed by atoms with Crippen molar-refractivity contribution in [3.8, 4) is 0 Å². The van der Waals surface area contributed by atoms with Crippen molar-refractivity contribution in [3.63, 3.8) is 0 Å². The van der Waals surface area contributed by atoms with Crippen molar-refractivity contribution in [1.29, 1.82) is 0 Å². The number of carbonyl (C=O) groups excluding carboxylic acids is 2. The van der Waals surface area contributed by atoms with Crippen LogP contribution in [0.15, 0.2) is 83.8 Å². The second-order valence-electron chi connectivity index (χ2n) is 8.65. The van der Waals surface area contributed by atoms with Crippen LogP contribution >= 0.6 is 0 Å². The number of aryl methyl sites for hydroxylation is 1. The lowest BCUT2D eigenvalue weighted by atomic mass is 10.1. The van der Waals surface area contributed by atoms with E-state index < -0.39 is 33.4 Å². The van der Waals surface area contributed by atoms with Gasteiger partial charge >= 0.3 is 0 Å². The minimum absolute atomic E-state index is 0.0418. The van der Waals surface area contributed by atoms with Gasteiger partial charge in [0.15, 0.2) is 0 Å². The highest BCUT2D eigenvalue weighted by Gasteiger charge is 2.33. The monoisotopic (exact) mass is 538 g/mol. The Morgan fingerprint density at radius 2 is 1.68 bits per heavy atom. The van der Waals surface area contributed by atoms with Gasteiger partial charge in [-0.1, -0.05) is 61.0 Å². The fourth-order valence-electron chi connectivity index (χ4n) is 4.10. The SMILES string of the molecule is CC[C@H](C(=O)NC)N(Cc1cccc(C)c1)C(=O)CN(c1cccc([N+](=O)[O-])c1)S(=O)(=O)c1ccccc1. The van der Waals surface area contributed by atoms with Gasteiger partial charge in [0.1, 0.15) is 12.6 Å². The fourth-order valence-corrected chi connectivity index (χ4v) is 5.53. The Labute approximate surface area is 222 Å². The van der Waals surface area contributed by atoms with Crippen molar-refractivity contribution in [2.45, 2.75) is 37.8 Å². The predicted molar refractivity (Wildman–Crippen MR) is 144 cm³/mol. The molecule has 0 bridgehead atoms. The lowest BCUT2D eigenvalue weighted by molar-refractivity contribution is -0.384. The van der Waals surface area contributed by atoms with Gasteiger partial charge in [-0.25, -0.2) is 8.42 Å². The van der Waals surface area contributed by atoms with Gasteiger partial charge in [0.05, 0.1) is 15.5 Å². The molecule has 0 radical (unpaired) electrons. The number of sulfonamides is 1. The number of nitro benzene ring substituents is 1. The number of hydrogen-bond donors (Lipinski definition) is 1. The normalized spacial score (nSPS) is 11.9. The van der Waals surface area contributed by atoms with Crippen molar-refractivity contribution < 1.29 is 22.9 Å².